The Kier molecular flexibility index (Phi) is 2.38. The zero-order valence-corrected chi connectivity index (χ0v) is 8.73. The maximum atomic E-state index is 8.72. The van der Waals surface area contributed by atoms with Crippen molar-refractivity contribution in [1.82, 2.24) is 0 Å². The summed E-state index contributed by atoms with van der Waals surface area (Å²) < 4.78 is 10.3. The summed E-state index contributed by atoms with van der Waals surface area (Å²) in [4.78, 5) is 2.00. The average Bonchev–Trinajstić information content (AvgIpc) is 3.07. The lowest BCUT2D eigenvalue weighted by atomic mass is 10.2. The molecule has 1 aromatic rings. The molecule has 1 aliphatic rings. The Morgan fingerprint density at radius 2 is 2.07 bits per heavy atom. The smallest absolute Gasteiger partial charge is 0.162 e. The molecular weight excluding hydrogens is 192 g/mol. The van der Waals surface area contributed by atoms with Gasteiger partial charge in [0, 0.05) is 11.8 Å². The average molecular weight is 204 g/mol. The number of nitrogens with zero attached hydrogens (tertiary/aromatic N) is 2. The van der Waals surface area contributed by atoms with E-state index >= 15 is 0 Å². The summed E-state index contributed by atoms with van der Waals surface area (Å²) in [6, 6.07) is 7.89. The van der Waals surface area contributed by atoms with Crippen molar-refractivity contribution in [3.63, 3.8) is 0 Å². The lowest BCUT2D eigenvalue weighted by Gasteiger charge is -2.10. The topological polar surface area (TPSA) is 45.3 Å². The second-order valence-electron chi connectivity index (χ2n) is 3.34. The van der Waals surface area contributed by atoms with Crippen LogP contribution >= 0.6 is 0 Å². The molecule has 4 heteroatoms. The van der Waals surface area contributed by atoms with Crippen LogP contribution in [0.5, 0.6) is 11.5 Å². The normalized spacial score (nSPS) is 18.2. The fraction of sp³-hybridized carbons (Fsp3) is 0.364. The van der Waals surface area contributed by atoms with Crippen molar-refractivity contribution in [2.75, 3.05) is 25.7 Å². The highest BCUT2D eigenvalue weighted by atomic mass is 16.5. The second kappa shape index (κ2) is 3.70. The van der Waals surface area contributed by atoms with Crippen molar-refractivity contribution in [2.45, 2.75) is 6.04 Å². The van der Waals surface area contributed by atoms with Crippen molar-refractivity contribution in [3.05, 3.63) is 18.2 Å². The van der Waals surface area contributed by atoms with Crippen LogP contribution in [-0.2, 0) is 0 Å². The van der Waals surface area contributed by atoms with Crippen LogP contribution in [0.4, 0.5) is 5.69 Å². The molecule has 1 fully saturated rings. The molecule has 0 spiro atoms. The van der Waals surface area contributed by atoms with E-state index in [1.807, 2.05) is 23.1 Å². The molecule has 2 rings (SSSR count). The molecule has 1 aromatic carbocycles. The molecule has 4 nitrogen and oxygen atoms in total. The molecule has 1 aliphatic heterocycles. The molecule has 1 atom stereocenters. The van der Waals surface area contributed by atoms with Gasteiger partial charge in [-0.15, -0.1) is 0 Å². The van der Waals surface area contributed by atoms with Crippen LogP contribution in [0.15, 0.2) is 18.2 Å². The van der Waals surface area contributed by atoms with Crippen LogP contribution in [0.1, 0.15) is 0 Å². The lowest BCUT2D eigenvalue weighted by Crippen LogP contribution is -1.98. The Labute approximate surface area is 88.6 Å². The van der Waals surface area contributed by atoms with Gasteiger partial charge in [-0.3, -0.25) is 0 Å². The monoisotopic (exact) mass is 204 g/mol. The molecule has 1 saturated heterocycles. The molecule has 0 amide bonds. The van der Waals surface area contributed by atoms with Crippen molar-refractivity contribution in [3.8, 4) is 17.6 Å². The number of hydrogen-bond acceptors (Lipinski definition) is 4. The van der Waals surface area contributed by atoms with Gasteiger partial charge in [-0.1, -0.05) is 0 Å². The van der Waals surface area contributed by atoms with Crippen LogP contribution in [0, 0.1) is 11.3 Å². The number of benzene rings is 1. The van der Waals surface area contributed by atoms with Crippen LogP contribution in [-0.4, -0.2) is 26.8 Å². The molecule has 0 bridgehead atoms. The van der Waals surface area contributed by atoms with Crippen molar-refractivity contribution < 1.29 is 9.47 Å². The van der Waals surface area contributed by atoms with E-state index < -0.39 is 0 Å². The minimum Gasteiger partial charge on any atom is -0.493 e. The third kappa shape index (κ3) is 1.68. The zero-order valence-electron chi connectivity index (χ0n) is 8.73. The van der Waals surface area contributed by atoms with Gasteiger partial charge in [0.25, 0.3) is 0 Å². The highest BCUT2D eigenvalue weighted by molar-refractivity contribution is 5.62. The van der Waals surface area contributed by atoms with Crippen molar-refractivity contribution in [1.29, 1.82) is 5.26 Å². The van der Waals surface area contributed by atoms with E-state index in [2.05, 4.69) is 6.07 Å². The molecule has 1 unspecified atom stereocenters. The number of rotatable bonds is 3. The number of anilines is 1. The lowest BCUT2D eigenvalue weighted by molar-refractivity contribution is 0.355. The summed E-state index contributed by atoms with van der Waals surface area (Å²) >= 11 is 0. The number of ether oxygens (including phenoxy) is 2. The van der Waals surface area contributed by atoms with Crippen molar-refractivity contribution >= 4 is 5.69 Å². The van der Waals surface area contributed by atoms with Crippen LogP contribution in [0.25, 0.3) is 0 Å². The van der Waals surface area contributed by atoms with Gasteiger partial charge in [-0.25, -0.2) is 0 Å². The highest BCUT2D eigenvalue weighted by Gasteiger charge is 2.34. The maximum Gasteiger partial charge on any atom is 0.162 e. The zero-order chi connectivity index (χ0) is 10.8. The first-order valence-electron chi connectivity index (χ1n) is 4.68. The minimum absolute atomic E-state index is 0.0168. The first-order valence-corrected chi connectivity index (χ1v) is 4.68. The molecule has 0 radical (unpaired) electrons. The summed E-state index contributed by atoms with van der Waals surface area (Å²) in [5, 5.41) is 8.72. The second-order valence-corrected chi connectivity index (χ2v) is 3.34. The molecule has 0 aromatic heterocycles. The number of nitriles is 1. The summed E-state index contributed by atoms with van der Waals surface area (Å²) in [5.41, 5.74) is 0.999. The highest BCUT2D eigenvalue weighted by Crippen LogP contribution is 2.35. The summed E-state index contributed by atoms with van der Waals surface area (Å²) in [6.07, 6.45) is 0. The summed E-state index contributed by atoms with van der Waals surface area (Å²) in [5.74, 6) is 1.40. The van der Waals surface area contributed by atoms with Crippen LogP contribution in [0.3, 0.4) is 0 Å². The van der Waals surface area contributed by atoms with Gasteiger partial charge in [-0.05, 0) is 12.1 Å². The van der Waals surface area contributed by atoms with Gasteiger partial charge < -0.3 is 14.4 Å². The third-order valence-corrected chi connectivity index (χ3v) is 2.46. The number of hydrogen-bond donors (Lipinski definition) is 0. The van der Waals surface area contributed by atoms with Gasteiger partial charge in [0.15, 0.2) is 11.5 Å². The van der Waals surface area contributed by atoms with Crippen LogP contribution < -0.4 is 14.4 Å². The van der Waals surface area contributed by atoms with E-state index in [0.29, 0.717) is 11.5 Å². The largest absolute Gasteiger partial charge is 0.493 e. The van der Waals surface area contributed by atoms with Crippen molar-refractivity contribution in [2.24, 2.45) is 0 Å². The fourth-order valence-electron chi connectivity index (χ4n) is 1.54. The predicted molar refractivity (Wildman–Crippen MR) is 56.3 cm³/mol. The maximum absolute atomic E-state index is 8.72. The standard InChI is InChI=1S/C11H12N2O2/c1-14-10-4-3-8(5-11(10)15-2)13-7-9(13)6-12/h3-5,9H,7H2,1-2H3. The van der Waals surface area contributed by atoms with Gasteiger partial charge in [0.2, 0.25) is 0 Å². The Hall–Kier alpha value is -1.89. The van der Waals surface area contributed by atoms with E-state index in [4.69, 9.17) is 14.7 Å². The molecule has 0 aliphatic carbocycles. The molecule has 1 heterocycles. The Balaban J connectivity index is 2.25. The van der Waals surface area contributed by atoms with Gasteiger partial charge in [0.1, 0.15) is 6.04 Å². The third-order valence-electron chi connectivity index (χ3n) is 2.46. The first-order chi connectivity index (χ1) is 7.30. The molecule has 0 N–H and O–H groups in total. The first kappa shape index (κ1) is 9.66. The molecule has 0 saturated carbocycles. The summed E-state index contributed by atoms with van der Waals surface area (Å²) in [6.45, 7) is 0.798. The predicted octanol–water partition coefficient (Wildman–Crippen LogP) is 1.42. The van der Waals surface area contributed by atoms with E-state index in [-0.39, 0.29) is 6.04 Å². The molecule has 15 heavy (non-hydrogen) atoms. The van der Waals surface area contributed by atoms with E-state index in [1.54, 1.807) is 14.2 Å². The van der Waals surface area contributed by atoms with Gasteiger partial charge >= 0.3 is 0 Å². The van der Waals surface area contributed by atoms with Gasteiger partial charge in [-0.2, -0.15) is 5.26 Å². The summed E-state index contributed by atoms with van der Waals surface area (Å²) in [7, 11) is 3.21. The fourth-order valence-corrected chi connectivity index (χ4v) is 1.54. The van der Waals surface area contributed by atoms with E-state index in [9.17, 15) is 0 Å². The minimum atomic E-state index is 0.0168. The SMILES string of the molecule is COc1ccc(N2CC2C#N)cc1OC. The van der Waals surface area contributed by atoms with Crippen LogP contribution in [0.2, 0.25) is 0 Å². The molecule has 78 valence electrons. The number of methoxy groups -OCH3 is 2. The Morgan fingerprint density at radius 1 is 1.33 bits per heavy atom. The Bertz CT molecular complexity index is 412. The van der Waals surface area contributed by atoms with E-state index in [1.165, 1.54) is 0 Å². The molecular formula is C11H12N2O2. The quantitative estimate of drug-likeness (QED) is 0.698. The van der Waals surface area contributed by atoms with Gasteiger partial charge in [0.05, 0.1) is 26.8 Å². The van der Waals surface area contributed by atoms with E-state index in [0.717, 1.165) is 12.2 Å². The Morgan fingerprint density at radius 3 is 2.60 bits per heavy atom.